The smallest absolute Gasteiger partial charge is 0.139 e. The minimum absolute atomic E-state index is 0.459. The fraction of sp³-hybridized carbons (Fsp3) is 0.625. The largest absolute Gasteiger partial charge is 0.506 e. The number of anilines is 1. The number of benzene rings is 1. The maximum Gasteiger partial charge on any atom is 0.139 e. The average molecular weight is 247 g/mol. The molecule has 1 aliphatic rings. The number of rotatable bonds is 6. The number of fused-ring (bicyclic) bond motifs is 1. The van der Waals surface area contributed by atoms with Gasteiger partial charge in [-0.3, -0.25) is 0 Å². The Labute approximate surface area is 111 Å². The molecule has 2 heteroatoms. The van der Waals surface area contributed by atoms with E-state index in [4.69, 9.17) is 0 Å². The lowest BCUT2D eigenvalue weighted by molar-refractivity contribution is 0.469. The molecule has 2 rings (SSSR count). The number of para-hydroxylation sites is 1. The summed E-state index contributed by atoms with van der Waals surface area (Å²) in [5.74, 6) is 0.459. The molecule has 0 unspecified atom stereocenters. The summed E-state index contributed by atoms with van der Waals surface area (Å²) in [5, 5.41) is 10.0. The highest BCUT2D eigenvalue weighted by molar-refractivity contribution is 5.64. The Balaban J connectivity index is 1.91. The summed E-state index contributed by atoms with van der Waals surface area (Å²) in [6, 6.07) is 5.92. The van der Waals surface area contributed by atoms with Gasteiger partial charge >= 0.3 is 0 Å². The summed E-state index contributed by atoms with van der Waals surface area (Å²) in [6.07, 6.45) is 8.87. The number of unbranched alkanes of at least 4 members (excludes halogenated alkanes) is 4. The molecule has 1 heterocycles. The Kier molecular flexibility index (Phi) is 4.91. The van der Waals surface area contributed by atoms with Crippen LogP contribution in [0.1, 0.15) is 51.0 Å². The van der Waals surface area contributed by atoms with Crippen LogP contribution in [0, 0.1) is 0 Å². The van der Waals surface area contributed by atoms with Gasteiger partial charge in [0, 0.05) is 13.1 Å². The molecule has 0 atom stereocenters. The third kappa shape index (κ3) is 3.18. The van der Waals surface area contributed by atoms with Crippen LogP contribution in [0.25, 0.3) is 0 Å². The molecule has 0 saturated heterocycles. The fourth-order valence-corrected chi connectivity index (χ4v) is 2.85. The zero-order valence-electron chi connectivity index (χ0n) is 11.5. The van der Waals surface area contributed by atoms with Gasteiger partial charge in [-0.1, -0.05) is 44.7 Å². The molecule has 0 saturated carbocycles. The topological polar surface area (TPSA) is 23.5 Å². The van der Waals surface area contributed by atoms with Gasteiger partial charge in [-0.2, -0.15) is 0 Å². The molecular weight excluding hydrogens is 222 g/mol. The van der Waals surface area contributed by atoms with Crippen molar-refractivity contribution in [1.29, 1.82) is 0 Å². The molecule has 0 aromatic heterocycles. The molecule has 0 bridgehead atoms. The minimum Gasteiger partial charge on any atom is -0.506 e. The standard InChI is InChI=1S/C16H25NO/c1-2-3-4-5-6-12-17-13-8-10-14-9-7-11-15(18)16(14)17/h7,9,11,18H,2-6,8,10,12-13H2,1H3. The molecule has 0 fully saturated rings. The molecule has 1 N–H and O–H groups in total. The first-order chi connectivity index (χ1) is 8.83. The predicted molar refractivity (Wildman–Crippen MR) is 77.4 cm³/mol. The summed E-state index contributed by atoms with van der Waals surface area (Å²) >= 11 is 0. The van der Waals surface area contributed by atoms with Crippen molar-refractivity contribution >= 4 is 5.69 Å². The van der Waals surface area contributed by atoms with Crippen LogP contribution in [0.4, 0.5) is 5.69 Å². The van der Waals surface area contributed by atoms with Crippen molar-refractivity contribution in [3.8, 4) is 5.75 Å². The van der Waals surface area contributed by atoms with E-state index in [1.165, 1.54) is 44.1 Å². The van der Waals surface area contributed by atoms with Crippen LogP contribution < -0.4 is 4.90 Å². The van der Waals surface area contributed by atoms with E-state index >= 15 is 0 Å². The molecule has 2 nitrogen and oxygen atoms in total. The predicted octanol–water partition coefficient (Wildman–Crippen LogP) is 4.12. The lowest BCUT2D eigenvalue weighted by Gasteiger charge is -2.31. The van der Waals surface area contributed by atoms with Crippen molar-refractivity contribution in [3.05, 3.63) is 23.8 Å². The first-order valence-electron chi connectivity index (χ1n) is 7.38. The summed E-state index contributed by atoms with van der Waals surface area (Å²) in [7, 11) is 0. The van der Waals surface area contributed by atoms with Crippen LogP contribution in [-0.4, -0.2) is 18.2 Å². The lowest BCUT2D eigenvalue weighted by Crippen LogP contribution is -2.30. The highest BCUT2D eigenvalue weighted by Gasteiger charge is 2.19. The monoisotopic (exact) mass is 247 g/mol. The van der Waals surface area contributed by atoms with Gasteiger partial charge in [-0.25, -0.2) is 0 Å². The summed E-state index contributed by atoms with van der Waals surface area (Å²) in [5.41, 5.74) is 2.41. The fourth-order valence-electron chi connectivity index (χ4n) is 2.85. The second-order valence-corrected chi connectivity index (χ2v) is 5.29. The number of aryl methyl sites for hydroxylation is 1. The summed E-state index contributed by atoms with van der Waals surface area (Å²) in [4.78, 5) is 2.38. The lowest BCUT2D eigenvalue weighted by atomic mass is 10.0. The molecule has 1 aromatic rings. The first-order valence-corrected chi connectivity index (χ1v) is 7.38. The average Bonchev–Trinajstić information content (AvgIpc) is 2.39. The Bertz CT molecular complexity index is 375. The number of hydrogen-bond donors (Lipinski definition) is 1. The number of aromatic hydroxyl groups is 1. The zero-order chi connectivity index (χ0) is 12.8. The van der Waals surface area contributed by atoms with Crippen molar-refractivity contribution in [2.75, 3.05) is 18.0 Å². The minimum atomic E-state index is 0.459. The third-order valence-corrected chi connectivity index (χ3v) is 3.82. The van der Waals surface area contributed by atoms with E-state index in [-0.39, 0.29) is 0 Å². The van der Waals surface area contributed by atoms with Gasteiger partial charge in [-0.05, 0) is 30.9 Å². The molecule has 1 aromatic carbocycles. The molecule has 0 spiro atoms. The first kappa shape index (κ1) is 13.3. The highest BCUT2D eigenvalue weighted by Crippen LogP contribution is 2.35. The Morgan fingerprint density at radius 2 is 2.00 bits per heavy atom. The summed E-state index contributed by atoms with van der Waals surface area (Å²) in [6.45, 7) is 4.44. The molecular formula is C16H25NO. The van der Waals surface area contributed by atoms with Crippen molar-refractivity contribution in [2.45, 2.75) is 51.9 Å². The number of phenolic OH excluding ortho intramolecular Hbond substituents is 1. The SMILES string of the molecule is CCCCCCCN1CCCc2cccc(O)c21. The second kappa shape index (κ2) is 6.67. The van der Waals surface area contributed by atoms with Crippen LogP contribution >= 0.6 is 0 Å². The Morgan fingerprint density at radius 3 is 2.83 bits per heavy atom. The van der Waals surface area contributed by atoms with Gasteiger partial charge in [0.25, 0.3) is 0 Å². The van der Waals surface area contributed by atoms with E-state index < -0.39 is 0 Å². The van der Waals surface area contributed by atoms with Crippen LogP contribution in [0.2, 0.25) is 0 Å². The number of nitrogens with zero attached hydrogens (tertiary/aromatic N) is 1. The molecule has 1 aliphatic heterocycles. The van der Waals surface area contributed by atoms with Crippen LogP contribution in [0.5, 0.6) is 5.75 Å². The van der Waals surface area contributed by atoms with Crippen LogP contribution in [0.3, 0.4) is 0 Å². The summed E-state index contributed by atoms with van der Waals surface area (Å²) < 4.78 is 0. The maximum atomic E-state index is 10.0. The van der Waals surface area contributed by atoms with Crippen molar-refractivity contribution in [2.24, 2.45) is 0 Å². The second-order valence-electron chi connectivity index (χ2n) is 5.29. The van der Waals surface area contributed by atoms with E-state index in [9.17, 15) is 5.11 Å². The number of phenols is 1. The quantitative estimate of drug-likeness (QED) is 0.764. The van der Waals surface area contributed by atoms with Gasteiger partial charge in [0.2, 0.25) is 0 Å². The Hall–Kier alpha value is -1.18. The van der Waals surface area contributed by atoms with E-state index in [2.05, 4.69) is 17.9 Å². The van der Waals surface area contributed by atoms with Gasteiger partial charge in [-0.15, -0.1) is 0 Å². The highest BCUT2D eigenvalue weighted by atomic mass is 16.3. The maximum absolute atomic E-state index is 10.0. The van der Waals surface area contributed by atoms with Gasteiger partial charge in [0.05, 0.1) is 5.69 Å². The van der Waals surface area contributed by atoms with E-state index in [0.717, 1.165) is 25.2 Å². The molecule has 100 valence electrons. The van der Waals surface area contributed by atoms with E-state index in [1.807, 2.05) is 12.1 Å². The molecule has 0 aliphatic carbocycles. The van der Waals surface area contributed by atoms with Gasteiger partial charge in [0.1, 0.15) is 5.75 Å². The Morgan fingerprint density at radius 1 is 1.17 bits per heavy atom. The zero-order valence-corrected chi connectivity index (χ0v) is 11.5. The van der Waals surface area contributed by atoms with Crippen molar-refractivity contribution in [1.82, 2.24) is 0 Å². The van der Waals surface area contributed by atoms with Gasteiger partial charge < -0.3 is 10.0 Å². The van der Waals surface area contributed by atoms with E-state index in [1.54, 1.807) is 0 Å². The molecule has 0 radical (unpaired) electrons. The van der Waals surface area contributed by atoms with Crippen LogP contribution in [-0.2, 0) is 6.42 Å². The van der Waals surface area contributed by atoms with E-state index in [0.29, 0.717) is 5.75 Å². The van der Waals surface area contributed by atoms with Gasteiger partial charge in [0.15, 0.2) is 0 Å². The van der Waals surface area contributed by atoms with Crippen molar-refractivity contribution < 1.29 is 5.11 Å². The third-order valence-electron chi connectivity index (χ3n) is 3.82. The van der Waals surface area contributed by atoms with Crippen molar-refractivity contribution in [3.63, 3.8) is 0 Å². The molecule has 0 amide bonds. The number of hydrogen-bond acceptors (Lipinski definition) is 2. The normalized spacial score (nSPS) is 14.6. The van der Waals surface area contributed by atoms with Crippen LogP contribution in [0.15, 0.2) is 18.2 Å². The molecule has 18 heavy (non-hydrogen) atoms.